The SMILES string of the molecule is Cc1cc(C)cc(NC(=O)COC(=O)[C@H]2[C@@H]3C[C@@H]4[C@@H]2C(=O)O[C@@H]4C3)c1. The van der Waals surface area contributed by atoms with Crippen LogP contribution in [0.25, 0.3) is 0 Å². The van der Waals surface area contributed by atoms with Gasteiger partial charge in [-0.05, 0) is 55.9 Å². The van der Waals surface area contributed by atoms with E-state index in [-0.39, 0.29) is 42.3 Å². The van der Waals surface area contributed by atoms with Gasteiger partial charge in [0.25, 0.3) is 5.91 Å². The molecule has 3 aliphatic rings. The quantitative estimate of drug-likeness (QED) is 0.846. The zero-order chi connectivity index (χ0) is 17.7. The highest BCUT2D eigenvalue weighted by atomic mass is 16.6. The van der Waals surface area contributed by atoms with Crippen LogP contribution in [0.5, 0.6) is 0 Å². The minimum absolute atomic E-state index is 0.0144. The number of nitrogens with one attached hydrogen (secondary N) is 1. The Morgan fingerprint density at radius 2 is 1.92 bits per heavy atom. The molecule has 3 fully saturated rings. The van der Waals surface area contributed by atoms with Gasteiger partial charge in [0.05, 0.1) is 11.8 Å². The zero-order valence-corrected chi connectivity index (χ0v) is 14.3. The summed E-state index contributed by atoms with van der Waals surface area (Å²) in [6.45, 7) is 3.56. The van der Waals surface area contributed by atoms with E-state index in [0.29, 0.717) is 5.69 Å². The van der Waals surface area contributed by atoms with E-state index >= 15 is 0 Å². The van der Waals surface area contributed by atoms with E-state index in [2.05, 4.69) is 5.32 Å². The van der Waals surface area contributed by atoms with Crippen molar-refractivity contribution in [3.63, 3.8) is 0 Å². The maximum atomic E-state index is 12.4. The molecule has 2 saturated carbocycles. The minimum atomic E-state index is -0.453. The number of benzene rings is 1. The van der Waals surface area contributed by atoms with E-state index < -0.39 is 11.9 Å². The van der Waals surface area contributed by atoms with Gasteiger partial charge >= 0.3 is 11.9 Å². The van der Waals surface area contributed by atoms with Gasteiger partial charge in [0, 0.05) is 11.6 Å². The van der Waals surface area contributed by atoms with Crippen molar-refractivity contribution in [1.82, 2.24) is 0 Å². The summed E-state index contributed by atoms with van der Waals surface area (Å²) in [6, 6.07) is 5.73. The van der Waals surface area contributed by atoms with Crippen LogP contribution >= 0.6 is 0 Å². The molecule has 1 heterocycles. The molecule has 5 atom stereocenters. The van der Waals surface area contributed by atoms with Crippen molar-refractivity contribution in [3.8, 4) is 0 Å². The lowest BCUT2D eigenvalue weighted by Crippen LogP contribution is -2.34. The van der Waals surface area contributed by atoms with Gasteiger partial charge in [-0.1, -0.05) is 6.07 Å². The predicted molar refractivity (Wildman–Crippen MR) is 88.6 cm³/mol. The standard InChI is InChI=1S/C19H21NO5/c1-9-3-10(2)5-12(4-9)20-15(21)8-24-18(22)16-11-6-13-14(7-11)25-19(23)17(13)16/h3-5,11,13-14,16-17H,6-8H2,1-2H3,(H,20,21)/t11-,13+,14-,16+,17+/m1/s1. The molecule has 25 heavy (non-hydrogen) atoms. The molecule has 1 aliphatic heterocycles. The van der Waals surface area contributed by atoms with E-state index in [9.17, 15) is 14.4 Å². The van der Waals surface area contributed by atoms with Gasteiger partial charge < -0.3 is 14.8 Å². The Kier molecular flexibility index (Phi) is 3.78. The Bertz CT molecular complexity index is 736. The van der Waals surface area contributed by atoms with Crippen molar-refractivity contribution in [3.05, 3.63) is 29.3 Å². The maximum Gasteiger partial charge on any atom is 0.310 e. The number of ether oxygens (including phenoxy) is 2. The third kappa shape index (κ3) is 2.79. The fourth-order valence-electron chi connectivity index (χ4n) is 4.80. The molecule has 1 aromatic carbocycles. The molecule has 1 aromatic rings. The van der Waals surface area contributed by atoms with Gasteiger partial charge in [-0.2, -0.15) is 0 Å². The molecule has 4 rings (SSSR count). The Morgan fingerprint density at radius 1 is 1.20 bits per heavy atom. The van der Waals surface area contributed by atoms with Crippen molar-refractivity contribution in [2.45, 2.75) is 32.8 Å². The van der Waals surface area contributed by atoms with E-state index in [1.165, 1.54) is 0 Å². The second kappa shape index (κ2) is 5.86. The fraction of sp³-hybridized carbons (Fsp3) is 0.526. The lowest BCUT2D eigenvalue weighted by Gasteiger charge is -2.22. The van der Waals surface area contributed by atoms with Crippen molar-refractivity contribution < 1.29 is 23.9 Å². The number of carbonyl (C=O) groups is 3. The number of anilines is 1. The summed E-state index contributed by atoms with van der Waals surface area (Å²) in [5.41, 5.74) is 2.77. The first kappa shape index (κ1) is 16.1. The van der Waals surface area contributed by atoms with Crippen LogP contribution in [0.1, 0.15) is 24.0 Å². The molecule has 2 aliphatic carbocycles. The fourth-order valence-corrected chi connectivity index (χ4v) is 4.80. The summed E-state index contributed by atoms with van der Waals surface area (Å²) in [5, 5.41) is 2.74. The van der Waals surface area contributed by atoms with Gasteiger partial charge in [0.15, 0.2) is 6.61 Å². The van der Waals surface area contributed by atoms with E-state index in [4.69, 9.17) is 9.47 Å². The first-order chi connectivity index (χ1) is 11.9. The predicted octanol–water partition coefficient (Wildman–Crippen LogP) is 1.98. The van der Waals surface area contributed by atoms with Crippen LogP contribution in [-0.4, -0.2) is 30.6 Å². The van der Waals surface area contributed by atoms with E-state index in [0.717, 1.165) is 24.0 Å². The van der Waals surface area contributed by atoms with Crippen LogP contribution in [0.4, 0.5) is 5.69 Å². The number of hydrogen-bond donors (Lipinski definition) is 1. The van der Waals surface area contributed by atoms with Crippen LogP contribution in [0, 0.1) is 37.5 Å². The Labute approximate surface area is 145 Å². The Balaban J connectivity index is 1.34. The van der Waals surface area contributed by atoms with Gasteiger partial charge in [0.1, 0.15) is 6.10 Å². The zero-order valence-electron chi connectivity index (χ0n) is 14.3. The van der Waals surface area contributed by atoms with Crippen molar-refractivity contribution in [2.24, 2.45) is 23.7 Å². The molecule has 0 aromatic heterocycles. The van der Waals surface area contributed by atoms with Gasteiger partial charge in [-0.25, -0.2) is 0 Å². The first-order valence-corrected chi connectivity index (χ1v) is 8.67. The van der Waals surface area contributed by atoms with Gasteiger partial charge in [-0.15, -0.1) is 0 Å². The van der Waals surface area contributed by atoms with E-state index in [1.54, 1.807) is 0 Å². The number of rotatable bonds is 4. The number of fused-ring (bicyclic) bond motifs is 1. The van der Waals surface area contributed by atoms with Crippen LogP contribution in [0.2, 0.25) is 0 Å². The van der Waals surface area contributed by atoms with Gasteiger partial charge in [-0.3, -0.25) is 14.4 Å². The van der Waals surface area contributed by atoms with Crippen molar-refractivity contribution in [2.75, 3.05) is 11.9 Å². The number of aryl methyl sites for hydroxylation is 2. The van der Waals surface area contributed by atoms with Crippen LogP contribution in [0.3, 0.4) is 0 Å². The molecule has 132 valence electrons. The summed E-state index contributed by atoms with van der Waals surface area (Å²) in [4.78, 5) is 36.4. The monoisotopic (exact) mass is 343 g/mol. The largest absolute Gasteiger partial charge is 0.462 e. The third-order valence-corrected chi connectivity index (χ3v) is 5.61. The smallest absolute Gasteiger partial charge is 0.310 e. The molecule has 0 radical (unpaired) electrons. The molecule has 2 bridgehead atoms. The highest BCUT2D eigenvalue weighted by Crippen LogP contribution is 2.57. The molecule has 1 N–H and O–H groups in total. The lowest BCUT2D eigenvalue weighted by atomic mass is 9.80. The lowest BCUT2D eigenvalue weighted by molar-refractivity contribution is -0.157. The summed E-state index contributed by atoms with van der Waals surface area (Å²) in [7, 11) is 0. The Morgan fingerprint density at radius 3 is 2.64 bits per heavy atom. The summed E-state index contributed by atoms with van der Waals surface area (Å²) in [5.74, 6) is -1.65. The number of carbonyl (C=O) groups excluding carboxylic acids is 3. The molecule has 0 spiro atoms. The molecule has 1 saturated heterocycles. The number of amides is 1. The van der Waals surface area contributed by atoms with Crippen molar-refractivity contribution in [1.29, 1.82) is 0 Å². The molecular formula is C19H21NO5. The first-order valence-electron chi connectivity index (χ1n) is 8.67. The Hall–Kier alpha value is -2.37. The average Bonchev–Trinajstić information content (AvgIpc) is 3.13. The van der Waals surface area contributed by atoms with Crippen LogP contribution in [0.15, 0.2) is 18.2 Å². The molecule has 6 heteroatoms. The summed E-state index contributed by atoms with van der Waals surface area (Å²) >= 11 is 0. The number of hydrogen-bond acceptors (Lipinski definition) is 5. The number of esters is 2. The highest BCUT2D eigenvalue weighted by molar-refractivity contribution is 5.93. The summed E-state index contributed by atoms with van der Waals surface area (Å²) in [6.07, 6.45) is 1.57. The van der Waals surface area contributed by atoms with Gasteiger partial charge in [0.2, 0.25) is 0 Å². The molecule has 1 amide bonds. The minimum Gasteiger partial charge on any atom is -0.462 e. The topological polar surface area (TPSA) is 81.7 Å². The van der Waals surface area contributed by atoms with Crippen molar-refractivity contribution >= 4 is 23.5 Å². The van der Waals surface area contributed by atoms with Crippen LogP contribution < -0.4 is 5.32 Å². The van der Waals surface area contributed by atoms with Crippen LogP contribution in [-0.2, 0) is 23.9 Å². The second-order valence-electron chi connectivity index (χ2n) is 7.45. The normalized spacial score (nSPS) is 31.8. The molecule has 0 unspecified atom stereocenters. The second-order valence-corrected chi connectivity index (χ2v) is 7.45. The summed E-state index contributed by atoms with van der Waals surface area (Å²) < 4.78 is 10.5. The van der Waals surface area contributed by atoms with E-state index in [1.807, 2.05) is 32.0 Å². The highest BCUT2D eigenvalue weighted by Gasteiger charge is 2.64. The average molecular weight is 343 g/mol. The maximum absolute atomic E-state index is 12.4. The molecular weight excluding hydrogens is 322 g/mol. The molecule has 6 nitrogen and oxygen atoms in total. The third-order valence-electron chi connectivity index (χ3n) is 5.61.